The molecule has 2 N–H and O–H groups in total. The number of anilines is 1. The fraction of sp³-hybridized carbons (Fsp3) is 0.300. The maximum Gasteiger partial charge on any atom is 0.251 e. The molecule has 5 nitrogen and oxygen atoms in total. The van der Waals surface area contributed by atoms with E-state index in [4.69, 9.17) is 23.2 Å². The van der Waals surface area contributed by atoms with Crippen LogP contribution < -0.4 is 10.6 Å². The highest BCUT2D eigenvalue weighted by atomic mass is 35.5. The van der Waals surface area contributed by atoms with Gasteiger partial charge in [-0.1, -0.05) is 23.2 Å². The Kier molecular flexibility index (Phi) is 3.61. The first-order chi connectivity index (χ1) is 8.09. The minimum Gasteiger partial charge on any atom is -0.317 e. The molecule has 0 spiro atoms. The Balaban J connectivity index is 2.19. The molecule has 0 bridgehead atoms. The van der Waals surface area contributed by atoms with Gasteiger partial charge in [0.05, 0.1) is 0 Å². The van der Waals surface area contributed by atoms with Crippen LogP contribution in [-0.2, 0) is 4.79 Å². The SMILES string of the molecule is CC(C(=O)Nc1c(Cl)ncnc1Cl)=C1CNC1. The predicted octanol–water partition coefficient (Wildman–Crippen LogP) is 1.64. The van der Waals surface area contributed by atoms with Gasteiger partial charge in [-0.05, 0) is 12.5 Å². The average molecular weight is 273 g/mol. The zero-order valence-corrected chi connectivity index (χ0v) is 10.6. The van der Waals surface area contributed by atoms with Crippen LogP contribution in [0.3, 0.4) is 0 Å². The van der Waals surface area contributed by atoms with Gasteiger partial charge in [-0.15, -0.1) is 0 Å². The molecule has 1 amide bonds. The van der Waals surface area contributed by atoms with Crippen LogP contribution in [0, 0.1) is 0 Å². The average Bonchev–Trinajstić information content (AvgIpc) is 2.21. The van der Waals surface area contributed by atoms with E-state index in [2.05, 4.69) is 20.6 Å². The van der Waals surface area contributed by atoms with Gasteiger partial charge in [-0.25, -0.2) is 9.97 Å². The Morgan fingerprint density at radius 1 is 1.35 bits per heavy atom. The third-order valence-corrected chi connectivity index (χ3v) is 3.11. The zero-order valence-electron chi connectivity index (χ0n) is 9.05. The van der Waals surface area contributed by atoms with Crippen LogP contribution in [0.2, 0.25) is 10.3 Å². The first-order valence-corrected chi connectivity index (χ1v) is 5.72. The molecule has 1 saturated heterocycles. The van der Waals surface area contributed by atoms with Crippen LogP contribution in [0.15, 0.2) is 17.5 Å². The Hall–Kier alpha value is -1.17. The van der Waals surface area contributed by atoms with Crippen molar-refractivity contribution >= 4 is 34.8 Å². The molecule has 1 aliphatic rings. The maximum absolute atomic E-state index is 11.9. The van der Waals surface area contributed by atoms with E-state index in [-0.39, 0.29) is 21.9 Å². The summed E-state index contributed by atoms with van der Waals surface area (Å²) in [6.07, 6.45) is 1.24. The number of rotatable bonds is 2. The maximum atomic E-state index is 11.9. The summed E-state index contributed by atoms with van der Waals surface area (Å²) in [5.74, 6) is -0.236. The second-order valence-electron chi connectivity index (χ2n) is 3.62. The zero-order chi connectivity index (χ0) is 12.4. The van der Waals surface area contributed by atoms with Crippen LogP contribution in [0.5, 0.6) is 0 Å². The number of aromatic nitrogens is 2. The number of carbonyl (C=O) groups excluding carboxylic acids is 1. The summed E-state index contributed by atoms with van der Waals surface area (Å²) in [5, 5.41) is 5.94. The molecule has 90 valence electrons. The summed E-state index contributed by atoms with van der Waals surface area (Å²) in [4.78, 5) is 19.4. The van der Waals surface area contributed by atoms with Crippen molar-refractivity contribution in [1.82, 2.24) is 15.3 Å². The molecule has 1 aromatic rings. The van der Waals surface area contributed by atoms with Crippen molar-refractivity contribution in [3.05, 3.63) is 27.8 Å². The number of nitrogens with one attached hydrogen (secondary N) is 2. The highest BCUT2D eigenvalue weighted by Crippen LogP contribution is 2.26. The summed E-state index contributed by atoms with van der Waals surface area (Å²) < 4.78 is 0. The summed E-state index contributed by atoms with van der Waals surface area (Å²) in [6, 6.07) is 0. The third-order valence-electron chi connectivity index (χ3n) is 2.54. The van der Waals surface area contributed by atoms with Crippen molar-refractivity contribution in [3.8, 4) is 0 Å². The van der Waals surface area contributed by atoms with E-state index in [9.17, 15) is 4.79 Å². The monoisotopic (exact) mass is 272 g/mol. The van der Waals surface area contributed by atoms with Gasteiger partial charge in [0.1, 0.15) is 12.0 Å². The lowest BCUT2D eigenvalue weighted by atomic mass is 10.0. The normalized spacial score (nSPS) is 14.2. The van der Waals surface area contributed by atoms with Crippen LogP contribution in [0.4, 0.5) is 5.69 Å². The first kappa shape index (κ1) is 12.3. The largest absolute Gasteiger partial charge is 0.317 e. The first-order valence-electron chi connectivity index (χ1n) is 4.96. The Morgan fingerprint density at radius 2 is 1.94 bits per heavy atom. The number of amides is 1. The molecule has 1 aromatic heterocycles. The highest BCUT2D eigenvalue weighted by molar-refractivity contribution is 6.38. The van der Waals surface area contributed by atoms with Crippen molar-refractivity contribution in [3.63, 3.8) is 0 Å². The van der Waals surface area contributed by atoms with Gasteiger partial charge in [-0.3, -0.25) is 4.79 Å². The van der Waals surface area contributed by atoms with E-state index in [0.717, 1.165) is 18.7 Å². The lowest BCUT2D eigenvalue weighted by Gasteiger charge is -2.21. The molecule has 0 aromatic carbocycles. The fourth-order valence-electron chi connectivity index (χ4n) is 1.33. The Morgan fingerprint density at radius 3 is 2.41 bits per heavy atom. The van der Waals surface area contributed by atoms with Crippen LogP contribution >= 0.6 is 23.2 Å². The van der Waals surface area contributed by atoms with E-state index < -0.39 is 0 Å². The molecule has 0 atom stereocenters. The van der Waals surface area contributed by atoms with E-state index in [0.29, 0.717) is 5.57 Å². The highest BCUT2D eigenvalue weighted by Gasteiger charge is 2.18. The number of hydrogen-bond donors (Lipinski definition) is 2. The minimum absolute atomic E-state index is 0.128. The standard InChI is InChI=1S/C10H10Cl2N4O/c1-5(6-2-13-3-6)10(17)16-7-8(11)14-4-15-9(7)12/h4,13H,2-3H2,1H3,(H,16,17). The Labute approximate surface area is 108 Å². The van der Waals surface area contributed by atoms with Crippen LogP contribution in [0.25, 0.3) is 0 Å². The minimum atomic E-state index is -0.236. The van der Waals surface area contributed by atoms with Gasteiger partial charge >= 0.3 is 0 Å². The van der Waals surface area contributed by atoms with Crippen molar-refractivity contribution in [1.29, 1.82) is 0 Å². The smallest absolute Gasteiger partial charge is 0.251 e. The van der Waals surface area contributed by atoms with Crippen molar-refractivity contribution in [2.24, 2.45) is 0 Å². The Bertz CT molecular complexity index is 475. The predicted molar refractivity (Wildman–Crippen MR) is 66.3 cm³/mol. The van der Waals surface area contributed by atoms with Crippen LogP contribution in [-0.4, -0.2) is 29.0 Å². The van der Waals surface area contributed by atoms with Crippen molar-refractivity contribution in [2.45, 2.75) is 6.92 Å². The molecule has 0 aliphatic carbocycles. The molecule has 0 unspecified atom stereocenters. The van der Waals surface area contributed by atoms with Gasteiger partial charge in [-0.2, -0.15) is 0 Å². The second kappa shape index (κ2) is 5.00. The number of nitrogens with zero attached hydrogens (tertiary/aromatic N) is 2. The van der Waals surface area contributed by atoms with Gasteiger partial charge < -0.3 is 10.6 Å². The lowest BCUT2D eigenvalue weighted by molar-refractivity contribution is -0.112. The van der Waals surface area contributed by atoms with E-state index in [1.165, 1.54) is 6.33 Å². The summed E-state index contributed by atoms with van der Waals surface area (Å²) in [5.41, 5.74) is 1.99. The summed E-state index contributed by atoms with van der Waals surface area (Å²) in [7, 11) is 0. The second-order valence-corrected chi connectivity index (χ2v) is 4.33. The van der Waals surface area contributed by atoms with Gasteiger partial charge in [0.25, 0.3) is 5.91 Å². The molecule has 0 radical (unpaired) electrons. The molecule has 1 aliphatic heterocycles. The molecule has 2 rings (SSSR count). The molecular weight excluding hydrogens is 263 g/mol. The van der Waals surface area contributed by atoms with Crippen molar-refractivity contribution in [2.75, 3.05) is 18.4 Å². The summed E-state index contributed by atoms with van der Waals surface area (Å²) in [6.45, 7) is 3.25. The molecule has 2 heterocycles. The molecular formula is C10H10Cl2N4O. The van der Waals surface area contributed by atoms with Gasteiger partial charge in [0.15, 0.2) is 10.3 Å². The number of hydrogen-bond acceptors (Lipinski definition) is 4. The fourth-order valence-corrected chi connectivity index (χ4v) is 1.74. The molecule has 7 heteroatoms. The molecule has 1 fully saturated rings. The van der Waals surface area contributed by atoms with Crippen molar-refractivity contribution < 1.29 is 4.79 Å². The van der Waals surface area contributed by atoms with Gasteiger partial charge in [0.2, 0.25) is 0 Å². The third kappa shape index (κ3) is 2.57. The van der Waals surface area contributed by atoms with Gasteiger partial charge in [0, 0.05) is 18.7 Å². The topological polar surface area (TPSA) is 66.9 Å². The molecule has 17 heavy (non-hydrogen) atoms. The quantitative estimate of drug-likeness (QED) is 0.635. The number of halogens is 2. The van der Waals surface area contributed by atoms with E-state index in [1.54, 1.807) is 6.92 Å². The number of carbonyl (C=O) groups is 1. The summed E-state index contributed by atoms with van der Waals surface area (Å²) >= 11 is 11.7. The molecule has 0 saturated carbocycles. The lowest BCUT2D eigenvalue weighted by Crippen LogP contribution is -2.36. The van der Waals surface area contributed by atoms with E-state index >= 15 is 0 Å². The van der Waals surface area contributed by atoms with E-state index in [1.807, 2.05) is 0 Å². The van der Waals surface area contributed by atoms with Crippen LogP contribution in [0.1, 0.15) is 6.92 Å².